The molecule has 3 amide bonds. The van der Waals surface area contributed by atoms with Crippen LogP contribution in [0.3, 0.4) is 0 Å². The number of ether oxygens (including phenoxy) is 2. The van der Waals surface area contributed by atoms with Crippen molar-refractivity contribution in [3.8, 4) is 11.5 Å². The van der Waals surface area contributed by atoms with Gasteiger partial charge in [-0.15, -0.1) is 0 Å². The van der Waals surface area contributed by atoms with E-state index < -0.39 is 26.3 Å². The molecule has 0 bridgehead atoms. The molecule has 4 heterocycles. The number of nitrogens with one attached hydrogen (secondary N) is 2. The van der Waals surface area contributed by atoms with Gasteiger partial charge in [-0.05, 0) is 64.1 Å². The number of benzene rings is 2. The first kappa shape index (κ1) is 45.4. The Morgan fingerprint density at radius 2 is 1.36 bits per heavy atom. The van der Waals surface area contributed by atoms with Crippen molar-refractivity contribution >= 4 is 66.6 Å². The number of hydrogen-bond acceptors (Lipinski definition) is 14. The van der Waals surface area contributed by atoms with E-state index in [1.807, 2.05) is 37.5 Å². The number of carbonyl (C=O) groups is 4. The number of methoxy groups -OCH3 is 1. The molecule has 2 aromatic carbocycles. The number of aromatic nitrogens is 8. The third kappa shape index (κ3) is 10.7. The Balaban J connectivity index is 0.000000617. The van der Waals surface area contributed by atoms with Crippen molar-refractivity contribution in [2.75, 3.05) is 38.0 Å². The maximum atomic E-state index is 13.5. The highest BCUT2D eigenvalue weighted by Gasteiger charge is 2.22. The van der Waals surface area contributed by atoms with E-state index in [-0.39, 0.29) is 36.8 Å². The first-order chi connectivity index (χ1) is 29.2. The smallest absolute Gasteiger partial charge is 0.327 e. The van der Waals surface area contributed by atoms with Crippen LogP contribution < -0.4 is 31.6 Å². The van der Waals surface area contributed by atoms with Gasteiger partial charge in [0.05, 0.1) is 42.7 Å². The van der Waals surface area contributed by atoms with Crippen molar-refractivity contribution in [3.05, 3.63) is 82.5 Å². The Hall–Kier alpha value is -6.67. The number of aryl methyl sites for hydroxylation is 4. The summed E-state index contributed by atoms with van der Waals surface area (Å²) in [6, 6.07) is 9.62. The molecule has 22 heteroatoms. The molecule has 0 aliphatic heterocycles. The number of primary amides is 2. The van der Waals surface area contributed by atoms with Gasteiger partial charge in [0.2, 0.25) is 23.7 Å². The molecule has 0 radical (unpaired) electrons. The summed E-state index contributed by atoms with van der Waals surface area (Å²) in [5.74, 6) is -0.351. The summed E-state index contributed by atoms with van der Waals surface area (Å²) < 4.78 is 23.3. The molecule has 61 heavy (non-hydrogen) atoms. The van der Waals surface area contributed by atoms with Gasteiger partial charge in [-0.25, -0.2) is 9.97 Å². The third-order valence-electron chi connectivity index (χ3n) is 9.13. The summed E-state index contributed by atoms with van der Waals surface area (Å²) in [6.45, 7) is 9.49. The molecule has 0 spiro atoms. The van der Waals surface area contributed by atoms with E-state index in [4.69, 9.17) is 35.3 Å². The molecule has 0 aliphatic rings. The average Bonchev–Trinajstić information content (AvgIpc) is 4.00. The zero-order valence-electron chi connectivity index (χ0n) is 34.6. The zero-order valence-corrected chi connectivity index (χ0v) is 35.5. The van der Waals surface area contributed by atoms with Crippen LogP contribution in [0.15, 0.2) is 48.6 Å². The average molecular weight is 861 g/mol. The number of anilines is 2. The van der Waals surface area contributed by atoms with Crippen LogP contribution in [-0.2, 0) is 30.7 Å². The number of imidazole rings is 2. The normalized spacial score (nSPS) is 11.3. The van der Waals surface area contributed by atoms with Gasteiger partial charge in [0.15, 0.2) is 6.29 Å². The van der Waals surface area contributed by atoms with E-state index in [2.05, 4.69) is 30.8 Å². The van der Waals surface area contributed by atoms with Crippen LogP contribution in [0.4, 0.5) is 11.9 Å². The highest BCUT2D eigenvalue weighted by molar-refractivity contribution is 7.39. The lowest BCUT2D eigenvalue weighted by Gasteiger charge is -2.13. The minimum Gasteiger partial charge on any atom is -0.494 e. The molecule has 324 valence electrons. The second-order valence-corrected chi connectivity index (χ2v) is 14.1. The molecule has 21 nitrogen and oxygen atoms in total. The van der Waals surface area contributed by atoms with E-state index in [1.54, 1.807) is 46.1 Å². The maximum Gasteiger partial charge on any atom is 0.327 e. The Labute approximate surface area is 351 Å². The molecule has 6 aromatic rings. The van der Waals surface area contributed by atoms with Crippen LogP contribution >= 0.6 is 8.60 Å². The van der Waals surface area contributed by atoms with E-state index in [0.717, 1.165) is 18.5 Å². The molecule has 4 aromatic heterocycles. The van der Waals surface area contributed by atoms with Gasteiger partial charge in [-0.1, -0.05) is 12.2 Å². The second kappa shape index (κ2) is 20.5. The van der Waals surface area contributed by atoms with Crippen LogP contribution in [-0.4, -0.2) is 99.8 Å². The monoisotopic (exact) mass is 860 g/mol. The number of amides is 3. The van der Waals surface area contributed by atoms with Crippen molar-refractivity contribution in [2.24, 2.45) is 11.5 Å². The summed E-state index contributed by atoms with van der Waals surface area (Å²) in [5, 5.41) is 14.4. The molecule has 6 rings (SSSR count). The minimum atomic E-state index is -2.48. The first-order valence-electron chi connectivity index (χ1n) is 19.1. The van der Waals surface area contributed by atoms with Gasteiger partial charge in [-0.2, -0.15) is 10.2 Å². The Morgan fingerprint density at radius 1 is 0.803 bits per heavy atom. The number of rotatable bonds is 19. The standard InChI is InChI=1S/C32H39N10O8P.C7H10N2O/c1-5-42-23(13-18(2)39-42)30(45)38-32-37-21-14-19(28(33)43)16-24(48-4)26(21)41(32)10-7-6-9-40-27-22(36-31(40)35-3)15-20(29(34)44)17-25(27)49-11-8-12-50-51(46)47;1-3-9-7(5-10)4-6(2)8-9/h6-7,13-17,46-47H,5,8-12H2,1-4H3,(H2,33,43)(H2,34,44)(H,35,36)(H,37,38,45);4-5H,3H2,1-2H3/b7-6+;. The zero-order chi connectivity index (χ0) is 44.4. The number of nitrogens with two attached hydrogens (primary N) is 2. The number of fused-ring (bicyclic) bond motifs is 2. The maximum absolute atomic E-state index is 13.5. The van der Waals surface area contributed by atoms with Gasteiger partial charge >= 0.3 is 8.60 Å². The van der Waals surface area contributed by atoms with Gasteiger partial charge < -0.3 is 49.7 Å². The Kier molecular flexibility index (Phi) is 15.3. The molecule has 0 aliphatic carbocycles. The topological polar surface area (TPSA) is 284 Å². The fourth-order valence-electron chi connectivity index (χ4n) is 6.45. The summed E-state index contributed by atoms with van der Waals surface area (Å²) in [6.07, 6.45) is 4.91. The van der Waals surface area contributed by atoms with Gasteiger partial charge in [-0.3, -0.25) is 33.9 Å². The second-order valence-electron chi connectivity index (χ2n) is 13.3. The highest BCUT2D eigenvalue weighted by atomic mass is 31.2. The van der Waals surface area contributed by atoms with Crippen LogP contribution in [0.2, 0.25) is 0 Å². The van der Waals surface area contributed by atoms with Crippen molar-refractivity contribution in [2.45, 2.75) is 60.3 Å². The van der Waals surface area contributed by atoms with Gasteiger partial charge in [0.25, 0.3) is 5.91 Å². The van der Waals surface area contributed by atoms with Crippen molar-refractivity contribution in [3.63, 3.8) is 0 Å². The van der Waals surface area contributed by atoms with Crippen LogP contribution in [0.25, 0.3) is 22.1 Å². The van der Waals surface area contributed by atoms with Crippen LogP contribution in [0.1, 0.15) is 73.3 Å². The number of aldehydes is 1. The fourth-order valence-corrected chi connectivity index (χ4v) is 6.74. The number of hydrogen-bond donors (Lipinski definition) is 6. The van der Waals surface area contributed by atoms with Crippen molar-refractivity contribution in [1.82, 2.24) is 38.7 Å². The fraction of sp³-hybridized carbons (Fsp3) is 0.333. The van der Waals surface area contributed by atoms with Gasteiger partial charge in [0.1, 0.15) is 33.9 Å². The molecule has 8 N–H and O–H groups in total. The number of carbonyl (C=O) groups excluding carboxylic acids is 4. The molecule has 0 atom stereocenters. The molecular weight excluding hydrogens is 811 g/mol. The summed E-state index contributed by atoms with van der Waals surface area (Å²) >= 11 is 0. The summed E-state index contributed by atoms with van der Waals surface area (Å²) in [7, 11) is 0.694. The van der Waals surface area contributed by atoms with Crippen LogP contribution in [0.5, 0.6) is 11.5 Å². The molecule has 0 saturated carbocycles. The number of allylic oxidation sites excluding steroid dienone is 2. The molecular formula is C39H49N12O9P. The lowest BCUT2D eigenvalue weighted by Crippen LogP contribution is -2.20. The summed E-state index contributed by atoms with van der Waals surface area (Å²) in [5.41, 5.74) is 16.1. The van der Waals surface area contributed by atoms with Crippen LogP contribution in [0, 0.1) is 13.8 Å². The largest absolute Gasteiger partial charge is 0.494 e. The van der Waals surface area contributed by atoms with Crippen molar-refractivity contribution < 1.29 is 43.0 Å². The first-order valence-corrected chi connectivity index (χ1v) is 20.2. The number of nitrogens with zero attached hydrogens (tertiary/aromatic N) is 8. The van der Waals surface area contributed by atoms with Crippen molar-refractivity contribution in [1.29, 1.82) is 0 Å². The Morgan fingerprint density at radius 3 is 1.90 bits per heavy atom. The van der Waals surface area contributed by atoms with E-state index in [9.17, 15) is 19.2 Å². The quantitative estimate of drug-likeness (QED) is 0.0293. The molecule has 0 unspecified atom stereocenters. The van der Waals surface area contributed by atoms with E-state index in [1.165, 1.54) is 25.3 Å². The predicted octanol–water partition coefficient (Wildman–Crippen LogP) is 3.69. The highest BCUT2D eigenvalue weighted by Crippen LogP contribution is 2.33. The molecule has 0 saturated heterocycles. The SMILES string of the molecule is CCn1nc(C)cc1C(=O)Nc1nc2cc(C(N)=O)cc(OC)c2n1C/C=C/Cn1c(NC)nc2cc(C(N)=O)cc(OCCCOP(O)O)c21.CCn1nc(C)cc1C=O. The molecule has 0 fully saturated rings. The van der Waals surface area contributed by atoms with E-state index in [0.29, 0.717) is 76.1 Å². The minimum absolute atomic E-state index is 0.0585. The lowest BCUT2D eigenvalue weighted by molar-refractivity contribution is 0.0991. The van der Waals surface area contributed by atoms with E-state index >= 15 is 0 Å². The Bertz CT molecular complexity index is 2570. The lowest BCUT2D eigenvalue weighted by atomic mass is 10.1. The summed E-state index contributed by atoms with van der Waals surface area (Å²) in [4.78, 5) is 75.2. The van der Waals surface area contributed by atoms with Gasteiger partial charge in [0, 0.05) is 50.8 Å². The predicted molar refractivity (Wildman–Crippen MR) is 228 cm³/mol. The third-order valence-corrected chi connectivity index (χ3v) is 9.55.